The lowest BCUT2D eigenvalue weighted by Crippen LogP contribution is -2.44. The van der Waals surface area contributed by atoms with Gasteiger partial charge in [0.1, 0.15) is 0 Å². The zero-order chi connectivity index (χ0) is 11.4. The number of hydrogen-bond donors (Lipinski definition) is 2. The van der Waals surface area contributed by atoms with Gasteiger partial charge in [-0.2, -0.15) is 12.6 Å². The van der Waals surface area contributed by atoms with Crippen LogP contribution in [-0.2, 0) is 0 Å². The molecule has 0 amide bonds. The fourth-order valence-electron chi connectivity index (χ4n) is 1.80. The monoisotopic (exact) mass is 244 g/mol. The smallest absolute Gasteiger partial charge is 0.0807 e. The zero-order valence-corrected chi connectivity index (χ0v) is 11.4. The summed E-state index contributed by atoms with van der Waals surface area (Å²) in [6.07, 6.45) is 3.77. The number of hydrogen-bond acceptors (Lipinski definition) is 4. The largest absolute Gasteiger partial charge is 0.389 e. The molecule has 0 heterocycles. The van der Waals surface area contributed by atoms with E-state index in [4.69, 9.17) is 12.2 Å². The highest BCUT2D eigenvalue weighted by atomic mass is 32.1. The number of thiol groups is 1. The Kier molecular flexibility index (Phi) is 4.93. The van der Waals surface area contributed by atoms with E-state index in [-0.39, 0.29) is 5.25 Å². The van der Waals surface area contributed by atoms with Crippen molar-refractivity contribution in [3.63, 3.8) is 0 Å². The molecule has 1 rings (SSSR count). The molecule has 0 aromatic rings. The lowest BCUT2D eigenvalue weighted by atomic mass is 9.98. The van der Waals surface area contributed by atoms with Crippen molar-refractivity contribution in [1.29, 1.82) is 0 Å². The van der Waals surface area contributed by atoms with Crippen LogP contribution in [0.3, 0.4) is 0 Å². The van der Waals surface area contributed by atoms with E-state index in [9.17, 15) is 0 Å². The van der Waals surface area contributed by atoms with Crippen molar-refractivity contribution in [3.8, 4) is 0 Å². The van der Waals surface area contributed by atoms with E-state index >= 15 is 0 Å². The number of nitrogens with one attached hydrogen (secondary N) is 1. The highest BCUT2D eigenvalue weighted by molar-refractivity contribution is 7.87. The van der Waals surface area contributed by atoms with Crippen molar-refractivity contribution in [3.05, 3.63) is 11.4 Å². The Balaban J connectivity index is 2.55. The van der Waals surface area contributed by atoms with E-state index in [1.165, 1.54) is 30.7 Å². The number of unbranched alkanes of at least 4 members (excludes halogenated alkanes) is 2. The van der Waals surface area contributed by atoms with Crippen molar-refractivity contribution in [2.45, 2.75) is 31.4 Å². The molecular weight excluding hydrogens is 224 g/mol. The van der Waals surface area contributed by atoms with Crippen LogP contribution in [0.25, 0.3) is 0 Å². The van der Waals surface area contributed by atoms with Crippen LogP contribution in [0.5, 0.6) is 0 Å². The van der Waals surface area contributed by atoms with Gasteiger partial charge < -0.3 is 10.2 Å². The van der Waals surface area contributed by atoms with Crippen LogP contribution in [-0.4, -0.2) is 35.7 Å². The Morgan fingerprint density at radius 1 is 1.47 bits per heavy atom. The number of allylic oxidation sites excluding steroid dienone is 1. The van der Waals surface area contributed by atoms with Crippen molar-refractivity contribution >= 4 is 29.7 Å². The predicted molar refractivity (Wildman–Crippen MR) is 73.6 cm³/mol. The molecule has 0 fully saturated rings. The van der Waals surface area contributed by atoms with E-state index in [1.54, 1.807) is 0 Å². The molecule has 86 valence electrons. The Hall–Kier alpha value is -0.220. The Labute approximate surface area is 104 Å². The molecule has 2 nitrogen and oxygen atoms in total. The molecule has 0 saturated heterocycles. The van der Waals surface area contributed by atoms with Gasteiger partial charge >= 0.3 is 0 Å². The molecule has 1 aliphatic rings. The minimum Gasteiger partial charge on any atom is -0.389 e. The first-order valence-electron chi connectivity index (χ1n) is 5.48. The second kappa shape index (κ2) is 5.75. The first-order valence-corrected chi connectivity index (χ1v) is 6.41. The minimum atomic E-state index is 0.133. The van der Waals surface area contributed by atoms with Crippen LogP contribution < -0.4 is 5.32 Å². The highest BCUT2D eigenvalue weighted by Crippen LogP contribution is 2.30. The van der Waals surface area contributed by atoms with Gasteiger partial charge in [0, 0.05) is 20.6 Å². The van der Waals surface area contributed by atoms with Crippen molar-refractivity contribution in [2.75, 3.05) is 20.6 Å². The summed E-state index contributed by atoms with van der Waals surface area (Å²) in [7, 11) is 4.04. The van der Waals surface area contributed by atoms with Gasteiger partial charge in [-0.1, -0.05) is 32.0 Å². The van der Waals surface area contributed by atoms with E-state index in [1.807, 2.05) is 7.05 Å². The van der Waals surface area contributed by atoms with Gasteiger partial charge in [-0.05, 0) is 6.42 Å². The summed E-state index contributed by atoms with van der Waals surface area (Å²) < 4.78 is 0. The Morgan fingerprint density at radius 2 is 2.13 bits per heavy atom. The summed E-state index contributed by atoms with van der Waals surface area (Å²) >= 11 is 9.74. The third-order valence-electron chi connectivity index (χ3n) is 2.76. The summed E-state index contributed by atoms with van der Waals surface area (Å²) in [5, 5.41) is 3.31. The third-order valence-corrected chi connectivity index (χ3v) is 3.88. The molecule has 0 bridgehead atoms. The van der Waals surface area contributed by atoms with Gasteiger partial charge in [0.15, 0.2) is 0 Å². The molecular formula is C11H20N2S2. The normalized spacial score (nSPS) is 20.3. The SMILES string of the molecule is CCCCCN(C)C1=C(NC)C(S)C1=S. The Bertz CT molecular complexity index is 274. The predicted octanol–water partition coefficient (Wildman–Crippen LogP) is 2.22. The van der Waals surface area contributed by atoms with Crippen LogP contribution >= 0.6 is 24.8 Å². The van der Waals surface area contributed by atoms with Gasteiger partial charge in [0.25, 0.3) is 0 Å². The topological polar surface area (TPSA) is 15.3 Å². The summed E-state index contributed by atoms with van der Waals surface area (Å²) in [5.74, 6) is 0. The molecule has 1 unspecified atom stereocenters. The highest BCUT2D eigenvalue weighted by Gasteiger charge is 2.34. The van der Waals surface area contributed by atoms with Gasteiger partial charge in [-0.3, -0.25) is 0 Å². The second-order valence-electron chi connectivity index (χ2n) is 3.91. The summed E-state index contributed by atoms with van der Waals surface area (Å²) in [4.78, 5) is 3.22. The minimum absolute atomic E-state index is 0.133. The fraction of sp³-hybridized carbons (Fsp3) is 0.727. The molecule has 0 aromatic carbocycles. The molecule has 1 N–H and O–H groups in total. The maximum absolute atomic E-state index is 5.31. The van der Waals surface area contributed by atoms with Gasteiger partial charge in [0.2, 0.25) is 0 Å². The number of rotatable bonds is 6. The van der Waals surface area contributed by atoms with Crippen molar-refractivity contribution < 1.29 is 0 Å². The van der Waals surface area contributed by atoms with Gasteiger partial charge in [0.05, 0.1) is 21.5 Å². The van der Waals surface area contributed by atoms with E-state index < -0.39 is 0 Å². The summed E-state index contributed by atoms with van der Waals surface area (Å²) in [5.41, 5.74) is 2.35. The fourth-order valence-corrected chi connectivity index (χ4v) is 2.56. The Morgan fingerprint density at radius 3 is 2.67 bits per heavy atom. The van der Waals surface area contributed by atoms with Crippen molar-refractivity contribution in [2.24, 2.45) is 0 Å². The quantitative estimate of drug-likeness (QED) is 0.423. The maximum Gasteiger partial charge on any atom is 0.0807 e. The third kappa shape index (κ3) is 2.67. The molecule has 15 heavy (non-hydrogen) atoms. The average Bonchev–Trinajstić information content (AvgIpc) is 2.24. The van der Waals surface area contributed by atoms with Crippen LogP contribution in [0.1, 0.15) is 26.2 Å². The first kappa shape index (κ1) is 12.8. The summed E-state index contributed by atoms with van der Waals surface area (Å²) in [6, 6.07) is 0. The standard InChI is InChI=1S/C11H20N2S2/c1-4-5-6-7-13(3)9-8(12-2)10(14)11(9)15/h10,12,14H,4-7H2,1-3H3. The molecule has 1 atom stereocenters. The van der Waals surface area contributed by atoms with Crippen molar-refractivity contribution in [1.82, 2.24) is 10.2 Å². The molecule has 0 radical (unpaired) electrons. The summed E-state index contributed by atoms with van der Waals surface area (Å²) in [6.45, 7) is 3.30. The van der Waals surface area contributed by atoms with Gasteiger partial charge in [-0.15, -0.1) is 0 Å². The van der Waals surface area contributed by atoms with Crippen LogP contribution in [0, 0.1) is 0 Å². The molecule has 0 saturated carbocycles. The number of nitrogens with zero attached hydrogens (tertiary/aromatic N) is 1. The lowest BCUT2D eigenvalue weighted by molar-refractivity contribution is 0.406. The number of thiocarbonyl (C=S) groups is 1. The van der Waals surface area contributed by atoms with Gasteiger partial charge in [-0.25, -0.2) is 0 Å². The molecule has 0 spiro atoms. The van der Waals surface area contributed by atoms with Crippen LogP contribution in [0.15, 0.2) is 11.4 Å². The second-order valence-corrected chi connectivity index (χ2v) is 4.86. The first-order chi connectivity index (χ1) is 7.13. The molecule has 4 heteroatoms. The van der Waals surface area contributed by atoms with E-state index in [0.717, 1.165) is 11.4 Å². The van der Waals surface area contributed by atoms with Crippen LogP contribution in [0.4, 0.5) is 0 Å². The molecule has 0 aliphatic heterocycles. The molecule has 1 aliphatic carbocycles. The maximum atomic E-state index is 5.31. The van der Waals surface area contributed by atoms with E-state index in [2.05, 4.69) is 36.8 Å². The van der Waals surface area contributed by atoms with Crippen LogP contribution in [0.2, 0.25) is 0 Å². The average molecular weight is 244 g/mol. The lowest BCUT2D eigenvalue weighted by Gasteiger charge is -2.37. The molecule has 0 aromatic heterocycles. The van der Waals surface area contributed by atoms with E-state index in [0.29, 0.717) is 0 Å². The zero-order valence-electron chi connectivity index (χ0n) is 9.71.